The van der Waals surface area contributed by atoms with Gasteiger partial charge in [0.05, 0.1) is 18.6 Å². The van der Waals surface area contributed by atoms with Gasteiger partial charge in [-0.1, -0.05) is 6.92 Å². The van der Waals surface area contributed by atoms with E-state index in [1.165, 1.54) is 0 Å². The largest absolute Gasteiger partial charge is 0.378 e. The summed E-state index contributed by atoms with van der Waals surface area (Å²) >= 11 is 0. The summed E-state index contributed by atoms with van der Waals surface area (Å²) in [6.45, 7) is 8.14. The fourth-order valence-corrected chi connectivity index (χ4v) is 4.67. The maximum absolute atomic E-state index is 13.4. The minimum atomic E-state index is -0.337. The predicted octanol–water partition coefficient (Wildman–Crippen LogP) is 0.361. The van der Waals surface area contributed by atoms with E-state index in [4.69, 9.17) is 4.74 Å². The van der Waals surface area contributed by atoms with E-state index in [1.807, 2.05) is 9.80 Å². The number of amides is 3. The van der Waals surface area contributed by atoms with Crippen LogP contribution in [0.4, 0.5) is 4.79 Å². The molecule has 3 saturated heterocycles. The summed E-state index contributed by atoms with van der Waals surface area (Å²) in [5.41, 5.74) is -0.337. The van der Waals surface area contributed by atoms with E-state index in [2.05, 4.69) is 17.1 Å². The van der Waals surface area contributed by atoms with E-state index in [0.29, 0.717) is 32.8 Å². The Morgan fingerprint density at radius 2 is 1.79 bits per heavy atom. The fraction of sp³-hybridized carbons (Fsp3) is 0.882. The molecule has 0 bridgehead atoms. The lowest BCUT2D eigenvalue weighted by molar-refractivity contribution is -0.148. The van der Waals surface area contributed by atoms with Crippen LogP contribution in [0.3, 0.4) is 0 Å². The molecule has 2 atom stereocenters. The molecular weight excluding hydrogens is 308 g/mol. The lowest BCUT2D eigenvalue weighted by atomic mass is 9.75. The van der Waals surface area contributed by atoms with Crippen molar-refractivity contribution in [2.24, 2.45) is 5.41 Å². The van der Waals surface area contributed by atoms with Gasteiger partial charge in [0, 0.05) is 39.3 Å². The molecule has 7 heteroatoms. The van der Waals surface area contributed by atoms with Gasteiger partial charge in [-0.25, -0.2) is 4.79 Å². The molecule has 1 N–H and O–H groups in total. The summed E-state index contributed by atoms with van der Waals surface area (Å²) in [5, 5.41) is 2.72. The molecule has 136 valence electrons. The number of morpholine rings is 1. The van der Waals surface area contributed by atoms with E-state index < -0.39 is 0 Å². The number of ether oxygens (including phenoxy) is 1. The van der Waals surface area contributed by atoms with Gasteiger partial charge in [0.15, 0.2) is 0 Å². The first-order valence-electron chi connectivity index (χ1n) is 9.20. The van der Waals surface area contributed by atoms with Gasteiger partial charge in [0.1, 0.15) is 0 Å². The van der Waals surface area contributed by atoms with E-state index in [1.54, 1.807) is 7.05 Å². The third-order valence-corrected chi connectivity index (χ3v) is 6.06. The lowest BCUT2D eigenvalue weighted by Crippen LogP contribution is -2.53. The second kappa shape index (κ2) is 7.27. The standard InChI is InChI=1S/C17H30N4O3/c1-3-19-8-5-17(15(22)20-10-12-24-13-11-20)6-9-21(16(23)18-2)7-4-14(17)19/h14H,3-13H2,1-2H3,(H,18,23)/t14-,17-/m1/s1. The van der Waals surface area contributed by atoms with Crippen molar-refractivity contribution in [3.05, 3.63) is 0 Å². The van der Waals surface area contributed by atoms with Gasteiger partial charge in [-0.2, -0.15) is 0 Å². The number of carbonyl (C=O) groups is 2. The van der Waals surface area contributed by atoms with Crippen molar-refractivity contribution in [1.29, 1.82) is 0 Å². The Morgan fingerprint density at radius 1 is 1.08 bits per heavy atom. The third-order valence-electron chi connectivity index (χ3n) is 6.06. The number of urea groups is 1. The molecular formula is C17H30N4O3. The molecule has 3 aliphatic rings. The van der Waals surface area contributed by atoms with E-state index in [9.17, 15) is 9.59 Å². The SMILES string of the molecule is CCN1CC[C@@]2(C(=O)N3CCOCC3)CCN(C(=O)NC)CC[C@@H]12. The first kappa shape index (κ1) is 17.5. The van der Waals surface area contributed by atoms with Gasteiger partial charge in [-0.05, 0) is 32.4 Å². The first-order chi connectivity index (χ1) is 11.6. The van der Waals surface area contributed by atoms with E-state index in [-0.39, 0.29) is 23.4 Å². The molecule has 0 saturated carbocycles. The minimum absolute atomic E-state index is 0.0352. The normalized spacial score (nSPS) is 31.5. The highest BCUT2D eigenvalue weighted by molar-refractivity contribution is 5.84. The molecule has 0 aromatic rings. The molecule has 3 aliphatic heterocycles. The molecule has 0 aromatic carbocycles. The van der Waals surface area contributed by atoms with Gasteiger partial charge in [-0.15, -0.1) is 0 Å². The van der Waals surface area contributed by atoms with Crippen LogP contribution in [-0.2, 0) is 9.53 Å². The average molecular weight is 338 g/mol. The van der Waals surface area contributed by atoms with Gasteiger partial charge in [-0.3, -0.25) is 9.69 Å². The molecule has 0 aliphatic carbocycles. The zero-order chi connectivity index (χ0) is 17.2. The Bertz CT molecular complexity index is 480. The molecule has 0 spiro atoms. The number of nitrogens with one attached hydrogen (secondary N) is 1. The summed E-state index contributed by atoms with van der Waals surface area (Å²) in [7, 11) is 1.67. The van der Waals surface area contributed by atoms with Crippen molar-refractivity contribution in [2.45, 2.75) is 32.2 Å². The van der Waals surface area contributed by atoms with Crippen LogP contribution in [0.1, 0.15) is 26.2 Å². The molecule has 0 radical (unpaired) electrons. The minimum Gasteiger partial charge on any atom is -0.378 e. The summed E-state index contributed by atoms with van der Waals surface area (Å²) in [6, 6.07) is 0.208. The number of hydrogen-bond donors (Lipinski definition) is 1. The van der Waals surface area contributed by atoms with Crippen LogP contribution in [0.5, 0.6) is 0 Å². The number of hydrogen-bond acceptors (Lipinski definition) is 4. The van der Waals surface area contributed by atoms with Crippen molar-refractivity contribution in [1.82, 2.24) is 20.0 Å². The van der Waals surface area contributed by atoms with Crippen LogP contribution in [-0.4, -0.2) is 92.2 Å². The van der Waals surface area contributed by atoms with Crippen molar-refractivity contribution in [3.8, 4) is 0 Å². The number of fused-ring (bicyclic) bond motifs is 1. The average Bonchev–Trinajstić information content (AvgIpc) is 2.88. The van der Waals surface area contributed by atoms with Gasteiger partial charge >= 0.3 is 6.03 Å². The summed E-state index contributed by atoms with van der Waals surface area (Å²) in [4.78, 5) is 31.8. The van der Waals surface area contributed by atoms with Crippen LogP contribution < -0.4 is 5.32 Å². The molecule has 24 heavy (non-hydrogen) atoms. The molecule has 0 unspecified atom stereocenters. The van der Waals surface area contributed by atoms with E-state index >= 15 is 0 Å². The third kappa shape index (κ3) is 2.99. The number of nitrogens with zero attached hydrogens (tertiary/aromatic N) is 3. The molecule has 3 fully saturated rings. The maximum Gasteiger partial charge on any atom is 0.317 e. The zero-order valence-electron chi connectivity index (χ0n) is 14.9. The van der Waals surface area contributed by atoms with Crippen LogP contribution >= 0.6 is 0 Å². The summed E-state index contributed by atoms with van der Waals surface area (Å²) < 4.78 is 5.41. The highest BCUT2D eigenvalue weighted by atomic mass is 16.5. The lowest BCUT2D eigenvalue weighted by Gasteiger charge is -2.40. The quantitative estimate of drug-likeness (QED) is 0.790. The first-order valence-corrected chi connectivity index (χ1v) is 9.20. The van der Waals surface area contributed by atoms with Gasteiger partial charge < -0.3 is 19.9 Å². The van der Waals surface area contributed by atoms with Crippen molar-refractivity contribution < 1.29 is 14.3 Å². The highest BCUT2D eigenvalue weighted by Gasteiger charge is 2.54. The van der Waals surface area contributed by atoms with Crippen molar-refractivity contribution in [2.75, 3.05) is 59.5 Å². The highest BCUT2D eigenvalue weighted by Crippen LogP contribution is 2.45. The summed E-state index contributed by atoms with van der Waals surface area (Å²) in [5.74, 6) is 0.283. The van der Waals surface area contributed by atoms with Crippen molar-refractivity contribution in [3.63, 3.8) is 0 Å². The maximum atomic E-state index is 13.4. The Kier molecular flexibility index (Phi) is 5.30. The van der Waals surface area contributed by atoms with Crippen LogP contribution in [0.2, 0.25) is 0 Å². The monoisotopic (exact) mass is 338 g/mol. The predicted molar refractivity (Wildman–Crippen MR) is 90.7 cm³/mol. The second-order valence-electron chi connectivity index (χ2n) is 7.04. The van der Waals surface area contributed by atoms with Gasteiger partial charge in [0.2, 0.25) is 5.91 Å². The second-order valence-corrected chi connectivity index (χ2v) is 7.04. The molecule has 3 heterocycles. The zero-order valence-corrected chi connectivity index (χ0v) is 14.9. The Morgan fingerprint density at radius 3 is 2.46 bits per heavy atom. The molecule has 0 aromatic heterocycles. The van der Waals surface area contributed by atoms with Crippen LogP contribution in [0.15, 0.2) is 0 Å². The summed E-state index contributed by atoms with van der Waals surface area (Å²) in [6.07, 6.45) is 2.54. The molecule has 3 amide bonds. The molecule has 3 rings (SSSR count). The van der Waals surface area contributed by atoms with Gasteiger partial charge in [0.25, 0.3) is 0 Å². The number of likely N-dealkylation sites (tertiary alicyclic amines) is 2. The topological polar surface area (TPSA) is 65.1 Å². The number of rotatable bonds is 2. The van der Waals surface area contributed by atoms with Crippen LogP contribution in [0, 0.1) is 5.41 Å². The number of carbonyl (C=O) groups excluding carboxylic acids is 2. The van der Waals surface area contributed by atoms with E-state index in [0.717, 1.165) is 38.9 Å². The van der Waals surface area contributed by atoms with Crippen LogP contribution in [0.25, 0.3) is 0 Å². The smallest absolute Gasteiger partial charge is 0.317 e. The Balaban J connectivity index is 1.83. The molecule has 7 nitrogen and oxygen atoms in total. The van der Waals surface area contributed by atoms with Crippen molar-refractivity contribution >= 4 is 11.9 Å². The fourth-order valence-electron chi connectivity index (χ4n) is 4.67. The Hall–Kier alpha value is -1.34. The Labute approximate surface area is 144 Å².